The van der Waals surface area contributed by atoms with Gasteiger partial charge >= 0.3 is 0 Å². The molecule has 0 bridgehead atoms. The molecule has 0 radical (unpaired) electrons. The number of aryl methyl sites for hydroxylation is 2. The first-order chi connectivity index (χ1) is 9.86. The minimum Gasteiger partial charge on any atom is -0.387 e. The average Bonchev–Trinajstić information content (AvgIpc) is 2.73. The van der Waals surface area contributed by atoms with Crippen LogP contribution < -0.4 is 5.32 Å². The van der Waals surface area contributed by atoms with Crippen molar-refractivity contribution in [3.8, 4) is 0 Å². The quantitative estimate of drug-likeness (QED) is 0.891. The molecule has 112 valence electrons. The van der Waals surface area contributed by atoms with Crippen molar-refractivity contribution in [3.05, 3.63) is 49.4 Å². The minimum atomic E-state index is -0.875. The van der Waals surface area contributed by atoms with E-state index in [9.17, 15) is 9.90 Å². The van der Waals surface area contributed by atoms with Crippen molar-refractivity contribution in [1.82, 2.24) is 10.3 Å². The number of rotatable bonds is 4. The molecule has 0 saturated carbocycles. The average molecular weight is 345 g/mol. The van der Waals surface area contributed by atoms with Crippen LogP contribution in [0.4, 0.5) is 0 Å². The third kappa shape index (κ3) is 4.17. The number of aromatic nitrogens is 1. The first-order valence-electron chi connectivity index (χ1n) is 6.23. The highest BCUT2D eigenvalue weighted by molar-refractivity contribution is 7.13. The Morgan fingerprint density at radius 1 is 1.33 bits per heavy atom. The number of hydrogen-bond donors (Lipinski definition) is 2. The molecule has 1 heterocycles. The number of carbonyl (C=O) groups is 1. The summed E-state index contributed by atoms with van der Waals surface area (Å²) < 4.78 is 0. The lowest BCUT2D eigenvalue weighted by atomic mass is 10.1. The summed E-state index contributed by atoms with van der Waals surface area (Å²) in [5, 5.41) is 14.5. The Kier molecular flexibility index (Phi) is 5.22. The summed E-state index contributed by atoms with van der Waals surface area (Å²) in [6.45, 7) is 3.70. The number of carbonyl (C=O) groups excluding carboxylic acids is 1. The van der Waals surface area contributed by atoms with Crippen LogP contribution in [-0.2, 0) is 0 Å². The molecule has 2 N–H and O–H groups in total. The van der Waals surface area contributed by atoms with Crippen LogP contribution in [-0.4, -0.2) is 22.5 Å². The van der Waals surface area contributed by atoms with E-state index in [1.165, 1.54) is 11.3 Å². The second-order valence-corrected chi connectivity index (χ2v) is 6.65. The number of nitrogens with one attached hydrogen (secondary N) is 1. The van der Waals surface area contributed by atoms with E-state index in [2.05, 4.69) is 10.3 Å². The number of aliphatic hydroxyl groups excluding tert-OH is 1. The van der Waals surface area contributed by atoms with Crippen LogP contribution in [0.2, 0.25) is 10.0 Å². The standard InChI is InChI=1S/C14H14Cl2N2O2S/c1-7-13(21-8(2)18-7)14(20)17-6-12(19)9-3-10(15)5-11(16)4-9/h3-5,12,19H,6H2,1-2H3,(H,17,20). The highest BCUT2D eigenvalue weighted by atomic mass is 35.5. The van der Waals surface area contributed by atoms with Gasteiger partial charge in [-0.25, -0.2) is 4.98 Å². The zero-order valence-corrected chi connectivity index (χ0v) is 13.8. The van der Waals surface area contributed by atoms with E-state index in [-0.39, 0.29) is 12.5 Å². The minimum absolute atomic E-state index is 0.0753. The van der Waals surface area contributed by atoms with E-state index in [1.807, 2.05) is 6.92 Å². The molecule has 0 fully saturated rings. The largest absolute Gasteiger partial charge is 0.387 e. The van der Waals surface area contributed by atoms with Gasteiger partial charge in [0.15, 0.2) is 0 Å². The summed E-state index contributed by atoms with van der Waals surface area (Å²) >= 11 is 13.1. The van der Waals surface area contributed by atoms with Gasteiger partial charge in [0.25, 0.3) is 5.91 Å². The third-order valence-corrected chi connectivity index (χ3v) is 4.34. The van der Waals surface area contributed by atoms with E-state index in [0.717, 1.165) is 5.01 Å². The maximum atomic E-state index is 12.0. The second kappa shape index (κ2) is 6.75. The van der Waals surface area contributed by atoms with Crippen molar-refractivity contribution in [3.63, 3.8) is 0 Å². The lowest BCUT2D eigenvalue weighted by Crippen LogP contribution is -2.28. The summed E-state index contributed by atoms with van der Waals surface area (Å²) in [6, 6.07) is 4.82. The second-order valence-electron chi connectivity index (χ2n) is 4.58. The lowest BCUT2D eigenvalue weighted by molar-refractivity contribution is 0.0919. The van der Waals surface area contributed by atoms with Gasteiger partial charge in [0.1, 0.15) is 4.88 Å². The van der Waals surface area contributed by atoms with Gasteiger partial charge in [-0.05, 0) is 37.6 Å². The predicted molar refractivity (Wildman–Crippen MR) is 85.3 cm³/mol. The Labute approximate surface area is 136 Å². The highest BCUT2D eigenvalue weighted by Crippen LogP contribution is 2.23. The molecule has 1 amide bonds. The first kappa shape index (κ1) is 16.2. The van der Waals surface area contributed by atoms with Crippen LogP contribution in [0.5, 0.6) is 0 Å². The van der Waals surface area contributed by atoms with Gasteiger partial charge in [0, 0.05) is 16.6 Å². The number of hydrogen-bond acceptors (Lipinski definition) is 4. The Balaban J connectivity index is 2.02. The topological polar surface area (TPSA) is 62.2 Å². The molecular weight excluding hydrogens is 331 g/mol. The van der Waals surface area contributed by atoms with E-state index in [1.54, 1.807) is 25.1 Å². The number of aliphatic hydroxyl groups is 1. The Bertz CT molecular complexity index is 653. The summed E-state index contributed by atoms with van der Waals surface area (Å²) in [6.07, 6.45) is -0.875. The molecule has 1 atom stereocenters. The van der Waals surface area contributed by atoms with E-state index < -0.39 is 6.10 Å². The van der Waals surface area contributed by atoms with Crippen LogP contribution in [0.15, 0.2) is 18.2 Å². The van der Waals surface area contributed by atoms with E-state index in [4.69, 9.17) is 23.2 Å². The van der Waals surface area contributed by atoms with Crippen LogP contribution in [0, 0.1) is 13.8 Å². The molecule has 1 unspecified atom stereocenters. The number of amides is 1. The smallest absolute Gasteiger partial charge is 0.263 e. The maximum Gasteiger partial charge on any atom is 0.263 e. The van der Waals surface area contributed by atoms with Crippen LogP contribution >= 0.6 is 34.5 Å². The van der Waals surface area contributed by atoms with Gasteiger partial charge in [0.05, 0.1) is 16.8 Å². The van der Waals surface area contributed by atoms with E-state index >= 15 is 0 Å². The van der Waals surface area contributed by atoms with Crippen molar-refractivity contribution < 1.29 is 9.90 Å². The van der Waals surface area contributed by atoms with Gasteiger partial charge in [-0.15, -0.1) is 11.3 Å². The summed E-state index contributed by atoms with van der Waals surface area (Å²) in [5.74, 6) is -0.245. The molecule has 1 aromatic carbocycles. The molecule has 21 heavy (non-hydrogen) atoms. The van der Waals surface area contributed by atoms with E-state index in [0.29, 0.717) is 26.2 Å². The van der Waals surface area contributed by atoms with Crippen molar-refractivity contribution in [2.45, 2.75) is 20.0 Å². The summed E-state index contributed by atoms with van der Waals surface area (Å²) in [5.41, 5.74) is 1.25. The molecule has 4 nitrogen and oxygen atoms in total. The van der Waals surface area contributed by atoms with Gasteiger partial charge in [0.2, 0.25) is 0 Å². The van der Waals surface area contributed by atoms with Crippen LogP contribution in [0.25, 0.3) is 0 Å². The highest BCUT2D eigenvalue weighted by Gasteiger charge is 2.16. The first-order valence-corrected chi connectivity index (χ1v) is 7.80. The van der Waals surface area contributed by atoms with Crippen molar-refractivity contribution in [2.75, 3.05) is 6.54 Å². The number of thiazole rings is 1. The number of halogens is 2. The number of benzene rings is 1. The molecule has 0 aliphatic heterocycles. The Morgan fingerprint density at radius 3 is 2.48 bits per heavy atom. The van der Waals surface area contributed by atoms with Crippen molar-refractivity contribution in [1.29, 1.82) is 0 Å². The van der Waals surface area contributed by atoms with Crippen molar-refractivity contribution in [2.24, 2.45) is 0 Å². The summed E-state index contributed by atoms with van der Waals surface area (Å²) in [7, 11) is 0. The maximum absolute atomic E-state index is 12.0. The predicted octanol–water partition coefficient (Wildman–Crippen LogP) is 3.53. The molecule has 2 rings (SSSR count). The van der Waals surface area contributed by atoms with Gasteiger partial charge in [-0.1, -0.05) is 23.2 Å². The fourth-order valence-electron chi connectivity index (χ4n) is 1.90. The molecule has 0 aliphatic rings. The lowest BCUT2D eigenvalue weighted by Gasteiger charge is -2.12. The number of nitrogens with zero attached hydrogens (tertiary/aromatic N) is 1. The molecule has 2 aromatic rings. The fourth-order valence-corrected chi connectivity index (χ4v) is 3.28. The van der Waals surface area contributed by atoms with Crippen LogP contribution in [0.1, 0.15) is 32.0 Å². The Morgan fingerprint density at radius 2 is 1.95 bits per heavy atom. The molecular formula is C14H14Cl2N2O2S. The Hall–Kier alpha value is -1.14. The van der Waals surface area contributed by atoms with Crippen LogP contribution in [0.3, 0.4) is 0 Å². The zero-order valence-electron chi connectivity index (χ0n) is 11.5. The SMILES string of the molecule is Cc1nc(C)c(C(=O)NCC(O)c2cc(Cl)cc(Cl)c2)s1. The van der Waals surface area contributed by atoms with Crippen molar-refractivity contribution >= 4 is 40.4 Å². The monoisotopic (exact) mass is 344 g/mol. The fraction of sp³-hybridized carbons (Fsp3) is 0.286. The molecule has 1 aromatic heterocycles. The molecule has 0 aliphatic carbocycles. The summed E-state index contributed by atoms with van der Waals surface area (Å²) in [4.78, 5) is 16.8. The third-order valence-electron chi connectivity index (χ3n) is 2.84. The van der Waals surface area contributed by atoms with Gasteiger partial charge in [-0.3, -0.25) is 4.79 Å². The molecule has 7 heteroatoms. The zero-order chi connectivity index (χ0) is 15.6. The van der Waals surface area contributed by atoms with Gasteiger partial charge in [-0.2, -0.15) is 0 Å². The van der Waals surface area contributed by atoms with Gasteiger partial charge < -0.3 is 10.4 Å². The molecule has 0 saturated heterocycles. The normalized spacial score (nSPS) is 12.2. The molecule has 0 spiro atoms.